The van der Waals surface area contributed by atoms with Crippen LogP contribution in [0.4, 0.5) is 0 Å². The van der Waals surface area contributed by atoms with Crippen LogP contribution in [0.2, 0.25) is 0 Å². The first-order chi connectivity index (χ1) is 22.1. The van der Waals surface area contributed by atoms with Crippen molar-refractivity contribution in [1.29, 1.82) is 0 Å². The molecule has 0 bridgehead atoms. The average Bonchev–Trinajstić information content (AvgIpc) is 3.66. The van der Waals surface area contributed by atoms with E-state index in [1.54, 1.807) is 13.1 Å². The van der Waals surface area contributed by atoms with Gasteiger partial charge in [0, 0.05) is 40.6 Å². The zero-order chi connectivity index (χ0) is 33.2. The number of carbonyl (C=O) groups is 4. The molecule has 12 heteroatoms. The fourth-order valence-electron chi connectivity index (χ4n) is 5.61. The minimum absolute atomic E-state index is 0.132. The smallest absolute Gasteiger partial charge is 0.326 e. The normalized spacial score (nSPS) is 14.7. The maximum Gasteiger partial charge on any atom is 0.326 e. The van der Waals surface area contributed by atoms with E-state index in [4.69, 9.17) is 11.5 Å². The molecule has 0 saturated carbocycles. The number of hydrogen-bond donors (Lipinski definition) is 8. The highest BCUT2D eigenvalue weighted by atomic mass is 16.4. The molecule has 0 saturated heterocycles. The molecule has 0 aliphatic rings. The summed E-state index contributed by atoms with van der Waals surface area (Å²) in [5, 5.41) is 19.8. The van der Waals surface area contributed by atoms with Crippen molar-refractivity contribution in [2.45, 2.75) is 76.5 Å². The molecule has 0 radical (unpaired) electrons. The zero-order valence-corrected chi connectivity index (χ0v) is 26.3. The predicted octanol–water partition coefficient (Wildman–Crippen LogP) is 2.48. The minimum atomic E-state index is -1.16. The number of para-hydroxylation sites is 2. The molecule has 3 amide bonds. The van der Waals surface area contributed by atoms with Crippen molar-refractivity contribution < 1.29 is 24.3 Å². The molecule has 0 fully saturated rings. The van der Waals surface area contributed by atoms with E-state index in [1.165, 1.54) is 0 Å². The number of nitrogens with two attached hydrogens (primary N) is 2. The van der Waals surface area contributed by atoms with E-state index in [1.807, 2.05) is 61.7 Å². The van der Waals surface area contributed by atoms with E-state index in [0.717, 1.165) is 32.9 Å². The van der Waals surface area contributed by atoms with E-state index >= 15 is 0 Å². The first-order valence-electron chi connectivity index (χ1n) is 15.8. The summed E-state index contributed by atoms with van der Waals surface area (Å²) >= 11 is 0. The van der Waals surface area contributed by atoms with Gasteiger partial charge in [0.05, 0.1) is 6.04 Å². The second kappa shape index (κ2) is 16.1. The van der Waals surface area contributed by atoms with E-state index < -0.39 is 47.9 Å². The van der Waals surface area contributed by atoms with Gasteiger partial charge in [-0.1, -0.05) is 56.7 Å². The topological polar surface area (TPSA) is 208 Å². The van der Waals surface area contributed by atoms with Crippen molar-refractivity contribution in [1.82, 2.24) is 25.9 Å². The molecule has 5 unspecified atom stereocenters. The Hall–Kier alpha value is -4.68. The lowest BCUT2D eigenvalue weighted by atomic mass is 9.96. The number of rotatable bonds is 17. The Balaban J connectivity index is 1.54. The molecule has 46 heavy (non-hydrogen) atoms. The second-order valence-corrected chi connectivity index (χ2v) is 11.9. The van der Waals surface area contributed by atoms with Gasteiger partial charge in [0.2, 0.25) is 17.7 Å². The summed E-state index contributed by atoms with van der Waals surface area (Å²) in [4.78, 5) is 59.1. The molecular formula is C34H45N7O5. The van der Waals surface area contributed by atoms with Crippen LogP contribution in [0.1, 0.15) is 50.7 Å². The molecule has 4 aromatic rings. The highest BCUT2D eigenvalue weighted by Crippen LogP contribution is 2.21. The summed E-state index contributed by atoms with van der Waals surface area (Å²) in [5.41, 5.74) is 15.4. The van der Waals surface area contributed by atoms with Crippen LogP contribution in [0.15, 0.2) is 60.9 Å². The molecule has 0 aliphatic carbocycles. The van der Waals surface area contributed by atoms with E-state index in [2.05, 4.69) is 25.9 Å². The Bertz CT molecular complexity index is 1650. The largest absolute Gasteiger partial charge is 0.480 e. The summed E-state index contributed by atoms with van der Waals surface area (Å²) in [6, 6.07) is 11.2. The van der Waals surface area contributed by atoms with Gasteiger partial charge in [-0.3, -0.25) is 14.4 Å². The van der Waals surface area contributed by atoms with Crippen LogP contribution in [0, 0.1) is 5.92 Å². The fourth-order valence-corrected chi connectivity index (χ4v) is 5.61. The summed E-state index contributed by atoms with van der Waals surface area (Å²) in [7, 11) is 0. The summed E-state index contributed by atoms with van der Waals surface area (Å²) < 4.78 is 0. The number of aromatic amines is 2. The van der Waals surface area contributed by atoms with Gasteiger partial charge in [0.25, 0.3) is 0 Å². The number of benzene rings is 2. The first kappa shape index (κ1) is 34.2. The van der Waals surface area contributed by atoms with Crippen LogP contribution >= 0.6 is 0 Å². The van der Waals surface area contributed by atoms with E-state index in [-0.39, 0.29) is 25.2 Å². The molecule has 246 valence electrons. The summed E-state index contributed by atoms with van der Waals surface area (Å²) in [6.45, 7) is 4.10. The highest BCUT2D eigenvalue weighted by molar-refractivity contribution is 5.95. The van der Waals surface area contributed by atoms with Gasteiger partial charge >= 0.3 is 5.97 Å². The maximum atomic E-state index is 13.9. The Morgan fingerprint density at radius 2 is 1.35 bits per heavy atom. The van der Waals surface area contributed by atoms with Crippen molar-refractivity contribution >= 4 is 45.5 Å². The number of unbranched alkanes of at least 4 members (excludes halogenated alkanes) is 1. The number of H-pyrrole nitrogens is 2. The quantitative estimate of drug-likeness (QED) is 0.0816. The van der Waals surface area contributed by atoms with Gasteiger partial charge in [-0.05, 0) is 61.4 Å². The number of fused-ring (bicyclic) bond motifs is 2. The molecular weight excluding hydrogens is 586 g/mol. The monoisotopic (exact) mass is 631 g/mol. The molecule has 0 aliphatic heterocycles. The first-order valence-corrected chi connectivity index (χ1v) is 15.8. The van der Waals surface area contributed by atoms with Crippen molar-refractivity contribution in [3.8, 4) is 0 Å². The molecule has 5 atom stereocenters. The Morgan fingerprint density at radius 1 is 0.783 bits per heavy atom. The molecule has 4 rings (SSSR count). The Labute approximate surface area is 268 Å². The van der Waals surface area contributed by atoms with Gasteiger partial charge < -0.3 is 42.5 Å². The SMILES string of the molecule is CCC(C)C(NC(=O)C(Cc1c[nH]c2ccccc12)NC(=O)C(N)Cc1c[nH]c2ccccc12)C(=O)NC(CCCCN)C(=O)O. The third-order valence-electron chi connectivity index (χ3n) is 8.54. The number of hydrogen-bond acceptors (Lipinski definition) is 6. The maximum absolute atomic E-state index is 13.9. The Morgan fingerprint density at radius 3 is 1.91 bits per heavy atom. The molecule has 10 N–H and O–H groups in total. The van der Waals surface area contributed by atoms with Gasteiger partial charge in [0.1, 0.15) is 18.1 Å². The standard InChI is InChI=1S/C34H45N7O5/c1-3-20(2)30(33(44)39-28(34(45)46)14-8-9-15-35)41-32(43)29(17-22-19-38-27-13-7-5-11-24(22)27)40-31(42)25(36)16-21-18-37-26-12-6-4-10-23(21)26/h4-7,10-13,18-20,25,28-30,37-38H,3,8-9,14-17,35-36H2,1-2H3,(H,39,44)(H,40,42)(H,41,43)(H,45,46). The van der Waals surface area contributed by atoms with Crippen molar-refractivity contribution in [2.24, 2.45) is 17.4 Å². The third-order valence-corrected chi connectivity index (χ3v) is 8.54. The number of carboxylic acid groups (broad SMARTS) is 1. The van der Waals surface area contributed by atoms with Crippen molar-refractivity contribution in [3.05, 3.63) is 72.1 Å². The van der Waals surface area contributed by atoms with Crippen LogP contribution in [-0.2, 0) is 32.0 Å². The fraction of sp³-hybridized carbons (Fsp3) is 0.412. The number of aromatic nitrogens is 2. The predicted molar refractivity (Wildman–Crippen MR) is 178 cm³/mol. The van der Waals surface area contributed by atoms with E-state index in [0.29, 0.717) is 25.8 Å². The van der Waals surface area contributed by atoms with Crippen molar-refractivity contribution in [3.63, 3.8) is 0 Å². The second-order valence-electron chi connectivity index (χ2n) is 11.9. The zero-order valence-electron chi connectivity index (χ0n) is 26.3. The van der Waals surface area contributed by atoms with Gasteiger partial charge in [-0.2, -0.15) is 0 Å². The number of nitrogens with one attached hydrogen (secondary N) is 5. The van der Waals surface area contributed by atoms with Gasteiger partial charge in [0.15, 0.2) is 0 Å². The van der Waals surface area contributed by atoms with Crippen LogP contribution in [0.25, 0.3) is 21.8 Å². The number of aliphatic carboxylic acids is 1. The lowest BCUT2D eigenvalue weighted by Gasteiger charge is -2.28. The summed E-state index contributed by atoms with van der Waals surface area (Å²) in [6.07, 6.45) is 5.91. The Kier molecular flexibility index (Phi) is 11.9. The van der Waals surface area contributed by atoms with Crippen LogP contribution in [-0.4, -0.2) is 69.5 Å². The van der Waals surface area contributed by atoms with Crippen molar-refractivity contribution in [2.75, 3.05) is 6.54 Å². The number of amides is 3. The van der Waals surface area contributed by atoms with Crippen LogP contribution in [0.3, 0.4) is 0 Å². The average molecular weight is 632 g/mol. The summed E-state index contributed by atoms with van der Waals surface area (Å²) in [5.74, 6) is -3.17. The number of carbonyl (C=O) groups excluding carboxylic acids is 3. The van der Waals surface area contributed by atoms with E-state index in [9.17, 15) is 24.3 Å². The molecule has 2 heterocycles. The van der Waals surface area contributed by atoms with Gasteiger partial charge in [-0.15, -0.1) is 0 Å². The molecule has 2 aromatic carbocycles. The highest BCUT2D eigenvalue weighted by Gasteiger charge is 2.33. The molecule has 12 nitrogen and oxygen atoms in total. The number of carboxylic acids is 1. The molecule has 0 spiro atoms. The third kappa shape index (κ3) is 8.52. The van der Waals surface area contributed by atoms with Crippen LogP contribution in [0.5, 0.6) is 0 Å². The minimum Gasteiger partial charge on any atom is -0.480 e. The lowest BCUT2D eigenvalue weighted by Crippen LogP contribution is -2.59. The molecule has 2 aromatic heterocycles. The lowest BCUT2D eigenvalue weighted by molar-refractivity contribution is -0.143. The van der Waals surface area contributed by atoms with Crippen LogP contribution < -0.4 is 27.4 Å². The van der Waals surface area contributed by atoms with Gasteiger partial charge in [-0.25, -0.2) is 4.79 Å².